The second kappa shape index (κ2) is 5.60. The largest absolute Gasteiger partial charge is 0.382 e. The van der Waals surface area contributed by atoms with Crippen LogP contribution >= 0.6 is 11.3 Å². The van der Waals surface area contributed by atoms with Crippen LogP contribution in [0.25, 0.3) is 0 Å². The minimum Gasteiger partial charge on any atom is -0.382 e. The highest BCUT2D eigenvalue weighted by atomic mass is 32.1. The Morgan fingerprint density at radius 2 is 2.30 bits per heavy atom. The molecule has 1 amide bonds. The van der Waals surface area contributed by atoms with Gasteiger partial charge in [0, 0.05) is 19.1 Å². The van der Waals surface area contributed by atoms with Crippen molar-refractivity contribution >= 4 is 28.2 Å². The number of nitrogens with zero attached hydrogens (tertiary/aromatic N) is 2. The lowest BCUT2D eigenvalue weighted by atomic mass is 10.0. The average molecular weight is 294 g/mol. The molecule has 1 saturated heterocycles. The number of nitrogens with one attached hydrogen (secondary N) is 1. The number of nitrogen functional groups attached to an aromatic ring is 1. The summed E-state index contributed by atoms with van der Waals surface area (Å²) in [5.41, 5.74) is 5.91. The third kappa shape index (κ3) is 2.90. The van der Waals surface area contributed by atoms with Crippen LogP contribution in [-0.4, -0.2) is 34.9 Å². The van der Waals surface area contributed by atoms with Crippen molar-refractivity contribution in [1.82, 2.24) is 9.88 Å². The van der Waals surface area contributed by atoms with Gasteiger partial charge in [0.1, 0.15) is 10.7 Å². The van der Waals surface area contributed by atoms with E-state index in [4.69, 9.17) is 5.73 Å². The van der Waals surface area contributed by atoms with Crippen molar-refractivity contribution in [3.05, 3.63) is 4.88 Å². The SMILES string of the molecule is CCCC1CCN(C(=O)c2sc(NC3CC3)nc2N)C1. The average Bonchev–Trinajstić information content (AvgIpc) is 2.97. The van der Waals surface area contributed by atoms with Crippen molar-refractivity contribution in [2.75, 3.05) is 24.1 Å². The molecule has 1 saturated carbocycles. The van der Waals surface area contributed by atoms with Crippen LogP contribution in [0.2, 0.25) is 0 Å². The number of anilines is 2. The quantitative estimate of drug-likeness (QED) is 0.875. The molecule has 0 radical (unpaired) electrons. The van der Waals surface area contributed by atoms with Gasteiger partial charge in [-0.1, -0.05) is 24.7 Å². The highest BCUT2D eigenvalue weighted by Gasteiger charge is 2.30. The standard InChI is InChI=1S/C14H22N4OS/c1-2-3-9-6-7-18(8-9)13(19)11-12(15)17-14(20-11)16-10-4-5-10/h9-10H,2-8,15H2,1H3,(H,16,17). The summed E-state index contributed by atoms with van der Waals surface area (Å²) in [6.07, 6.45) is 5.88. The van der Waals surface area contributed by atoms with Crippen LogP contribution in [0.4, 0.5) is 10.9 Å². The number of likely N-dealkylation sites (tertiary alicyclic amines) is 1. The Morgan fingerprint density at radius 1 is 1.50 bits per heavy atom. The topological polar surface area (TPSA) is 71.2 Å². The molecular weight excluding hydrogens is 272 g/mol. The maximum atomic E-state index is 12.5. The van der Waals surface area contributed by atoms with Gasteiger partial charge in [0.15, 0.2) is 5.13 Å². The van der Waals surface area contributed by atoms with Crippen molar-refractivity contribution in [1.29, 1.82) is 0 Å². The number of rotatable bonds is 5. The Morgan fingerprint density at radius 3 is 3.00 bits per heavy atom. The first-order valence-corrected chi connectivity index (χ1v) is 8.31. The molecule has 1 aliphatic carbocycles. The van der Waals surface area contributed by atoms with Crippen LogP contribution in [0, 0.1) is 5.92 Å². The molecule has 2 fully saturated rings. The maximum Gasteiger partial charge on any atom is 0.267 e. The Balaban J connectivity index is 1.65. The zero-order chi connectivity index (χ0) is 14.1. The van der Waals surface area contributed by atoms with E-state index in [1.807, 2.05) is 4.90 Å². The molecule has 0 bridgehead atoms. The lowest BCUT2D eigenvalue weighted by molar-refractivity contribution is 0.0792. The van der Waals surface area contributed by atoms with Crippen LogP contribution in [0.3, 0.4) is 0 Å². The smallest absolute Gasteiger partial charge is 0.267 e. The van der Waals surface area contributed by atoms with E-state index in [9.17, 15) is 4.79 Å². The van der Waals surface area contributed by atoms with E-state index in [1.54, 1.807) is 0 Å². The first-order valence-electron chi connectivity index (χ1n) is 7.49. The van der Waals surface area contributed by atoms with Crippen molar-refractivity contribution in [3.8, 4) is 0 Å². The van der Waals surface area contributed by atoms with E-state index in [-0.39, 0.29) is 5.91 Å². The number of aromatic nitrogens is 1. The Bertz CT molecular complexity index is 497. The molecule has 1 aliphatic heterocycles. The molecule has 2 aliphatic rings. The third-order valence-corrected chi connectivity index (χ3v) is 5.01. The number of nitrogens with two attached hydrogens (primary N) is 1. The van der Waals surface area contributed by atoms with Gasteiger partial charge in [-0.05, 0) is 31.6 Å². The Labute approximate surface area is 123 Å². The van der Waals surface area contributed by atoms with Gasteiger partial charge in [-0.15, -0.1) is 0 Å². The van der Waals surface area contributed by atoms with Crippen LogP contribution < -0.4 is 11.1 Å². The summed E-state index contributed by atoms with van der Waals surface area (Å²) in [6, 6.07) is 0.532. The van der Waals surface area contributed by atoms with Gasteiger partial charge in [-0.2, -0.15) is 0 Å². The van der Waals surface area contributed by atoms with E-state index < -0.39 is 0 Å². The van der Waals surface area contributed by atoms with Crippen LogP contribution in [0.1, 0.15) is 48.7 Å². The van der Waals surface area contributed by atoms with Gasteiger partial charge < -0.3 is 16.0 Å². The fourth-order valence-corrected chi connectivity index (χ4v) is 3.68. The summed E-state index contributed by atoms with van der Waals surface area (Å²) < 4.78 is 0. The predicted molar refractivity (Wildman–Crippen MR) is 82.1 cm³/mol. The van der Waals surface area contributed by atoms with Gasteiger partial charge in [-0.3, -0.25) is 4.79 Å². The first kappa shape index (κ1) is 13.7. The van der Waals surface area contributed by atoms with Crippen LogP contribution in [-0.2, 0) is 0 Å². The molecule has 1 atom stereocenters. The Hall–Kier alpha value is -1.30. The summed E-state index contributed by atoms with van der Waals surface area (Å²) >= 11 is 1.40. The molecule has 3 rings (SSSR count). The fraction of sp³-hybridized carbons (Fsp3) is 0.714. The summed E-state index contributed by atoms with van der Waals surface area (Å²) in [4.78, 5) is 19.3. The summed E-state index contributed by atoms with van der Waals surface area (Å²) in [5.74, 6) is 1.09. The number of carbonyl (C=O) groups excluding carboxylic acids is 1. The predicted octanol–water partition coefficient (Wildman–Crippen LogP) is 2.56. The summed E-state index contributed by atoms with van der Waals surface area (Å²) in [5, 5.41) is 4.10. The van der Waals surface area contributed by atoms with E-state index in [0.29, 0.717) is 22.7 Å². The number of thiazole rings is 1. The lowest BCUT2D eigenvalue weighted by Gasteiger charge is -2.15. The van der Waals surface area contributed by atoms with Crippen molar-refractivity contribution in [3.63, 3.8) is 0 Å². The lowest BCUT2D eigenvalue weighted by Crippen LogP contribution is -2.28. The maximum absolute atomic E-state index is 12.5. The second-order valence-electron chi connectivity index (χ2n) is 5.85. The van der Waals surface area contributed by atoms with E-state index in [0.717, 1.165) is 24.6 Å². The number of amides is 1. The molecular formula is C14H22N4OS. The van der Waals surface area contributed by atoms with E-state index in [2.05, 4.69) is 17.2 Å². The fourth-order valence-electron chi connectivity index (χ4n) is 2.75. The molecule has 1 unspecified atom stereocenters. The monoisotopic (exact) mass is 294 g/mol. The van der Waals surface area contributed by atoms with Crippen molar-refractivity contribution in [2.45, 2.75) is 45.1 Å². The molecule has 0 aromatic carbocycles. The summed E-state index contributed by atoms with van der Waals surface area (Å²) in [6.45, 7) is 3.92. The molecule has 1 aromatic rings. The minimum atomic E-state index is 0.0578. The molecule has 110 valence electrons. The van der Waals surface area contributed by atoms with Gasteiger partial charge in [-0.25, -0.2) is 4.98 Å². The van der Waals surface area contributed by atoms with Crippen molar-refractivity contribution < 1.29 is 4.79 Å². The van der Waals surface area contributed by atoms with Crippen LogP contribution in [0.5, 0.6) is 0 Å². The molecule has 1 aromatic heterocycles. The molecule has 3 N–H and O–H groups in total. The van der Waals surface area contributed by atoms with Gasteiger partial charge in [0.25, 0.3) is 5.91 Å². The molecule has 20 heavy (non-hydrogen) atoms. The highest BCUT2D eigenvalue weighted by molar-refractivity contribution is 7.18. The van der Waals surface area contributed by atoms with Crippen molar-refractivity contribution in [2.24, 2.45) is 5.92 Å². The summed E-state index contributed by atoms with van der Waals surface area (Å²) in [7, 11) is 0. The normalized spacial score (nSPS) is 22.2. The second-order valence-corrected chi connectivity index (χ2v) is 6.85. The minimum absolute atomic E-state index is 0.0578. The Kier molecular flexibility index (Phi) is 3.83. The van der Waals surface area contributed by atoms with Gasteiger partial charge in [0.2, 0.25) is 0 Å². The zero-order valence-corrected chi connectivity index (χ0v) is 12.7. The van der Waals surface area contributed by atoms with Gasteiger partial charge in [0.05, 0.1) is 0 Å². The molecule has 2 heterocycles. The third-order valence-electron chi connectivity index (χ3n) is 4.02. The van der Waals surface area contributed by atoms with E-state index >= 15 is 0 Å². The number of hydrogen-bond donors (Lipinski definition) is 2. The van der Waals surface area contributed by atoms with Gasteiger partial charge >= 0.3 is 0 Å². The highest BCUT2D eigenvalue weighted by Crippen LogP contribution is 2.32. The number of carbonyl (C=O) groups is 1. The van der Waals surface area contributed by atoms with Crippen LogP contribution in [0.15, 0.2) is 0 Å². The first-order chi connectivity index (χ1) is 9.67. The van der Waals surface area contributed by atoms with E-state index in [1.165, 1.54) is 37.0 Å². The molecule has 5 nitrogen and oxygen atoms in total. The zero-order valence-electron chi connectivity index (χ0n) is 11.9. The number of hydrogen-bond acceptors (Lipinski definition) is 5. The molecule has 6 heteroatoms. The molecule has 0 spiro atoms.